The largest absolute Gasteiger partial charge is 0.489 e. The van der Waals surface area contributed by atoms with Gasteiger partial charge in [-0.1, -0.05) is 58.0 Å². The third kappa shape index (κ3) is 4.73. The van der Waals surface area contributed by atoms with Crippen LogP contribution in [0.25, 0.3) is 10.9 Å². The van der Waals surface area contributed by atoms with E-state index in [9.17, 15) is 4.79 Å². The molecule has 1 aliphatic heterocycles. The average Bonchev–Trinajstić information content (AvgIpc) is 3.17. The Kier molecular flexibility index (Phi) is 6.68. The maximum atomic E-state index is 12.8. The van der Waals surface area contributed by atoms with E-state index in [0.29, 0.717) is 24.8 Å². The third-order valence-corrected chi connectivity index (χ3v) is 7.92. The van der Waals surface area contributed by atoms with Crippen molar-refractivity contribution in [2.75, 3.05) is 6.54 Å². The number of rotatable bonds is 8. The second-order valence-electron chi connectivity index (χ2n) is 10.3. The van der Waals surface area contributed by atoms with Crippen molar-refractivity contribution >= 4 is 25.9 Å². The number of nitrogens with zero attached hydrogens (tertiary/aromatic N) is 1. The number of aromatic nitrogens is 1. The lowest BCUT2D eigenvalue weighted by molar-refractivity contribution is -0.00399. The molecule has 1 N–H and O–H groups in total. The zero-order valence-corrected chi connectivity index (χ0v) is 21.7. The van der Waals surface area contributed by atoms with Gasteiger partial charge in [0.25, 0.3) is 5.91 Å². The van der Waals surface area contributed by atoms with E-state index in [1.54, 1.807) is 0 Å². The highest BCUT2D eigenvalue weighted by Crippen LogP contribution is 2.41. The Morgan fingerprint density at radius 2 is 1.85 bits per heavy atom. The van der Waals surface area contributed by atoms with Gasteiger partial charge in [0.1, 0.15) is 18.1 Å². The second kappa shape index (κ2) is 9.35. The number of nitrogens with one attached hydrogen (secondary N) is 1. The molecule has 1 unspecified atom stereocenters. The van der Waals surface area contributed by atoms with Crippen LogP contribution in [0.15, 0.2) is 54.6 Å². The summed E-state index contributed by atoms with van der Waals surface area (Å²) in [6.07, 6.45) is 0.00752. The molecule has 0 radical (unpaired) electrons. The van der Waals surface area contributed by atoms with Gasteiger partial charge in [0.15, 0.2) is 9.04 Å². The van der Waals surface area contributed by atoms with Crippen LogP contribution in [-0.2, 0) is 11.0 Å². The molecule has 2 aromatic carbocycles. The first-order valence-corrected chi connectivity index (χ1v) is 14.7. The molecule has 4 rings (SSSR count). The van der Waals surface area contributed by atoms with Crippen molar-refractivity contribution in [1.82, 2.24) is 9.88 Å². The Morgan fingerprint density at radius 3 is 2.52 bits per heavy atom. The standard InChI is InChI=1S/C27H36N2O3Si/c1-18(2)27(3,4)25(32-33(5)6)24-16-28-26(30)23-15-20-14-21(12-13-22(20)29(23)24)31-17-19-10-8-7-9-11-19/h7-15,18,24-25,33H,16-17H2,1-6H3,(H,28,30)/t24-,25?/m0/s1. The fourth-order valence-electron chi connectivity index (χ4n) is 4.58. The summed E-state index contributed by atoms with van der Waals surface area (Å²) in [4.78, 5) is 12.8. The van der Waals surface area contributed by atoms with Crippen LogP contribution in [0, 0.1) is 11.3 Å². The van der Waals surface area contributed by atoms with E-state index in [2.05, 4.69) is 68.9 Å². The van der Waals surface area contributed by atoms with Gasteiger partial charge in [-0.25, -0.2) is 0 Å². The van der Waals surface area contributed by atoms with Crippen molar-refractivity contribution in [2.45, 2.75) is 59.5 Å². The van der Waals surface area contributed by atoms with Gasteiger partial charge in [-0.2, -0.15) is 0 Å². The highest BCUT2D eigenvalue weighted by atomic mass is 28.3. The Balaban J connectivity index is 1.71. The zero-order chi connectivity index (χ0) is 23.8. The fourth-order valence-corrected chi connectivity index (χ4v) is 5.70. The first-order valence-electron chi connectivity index (χ1n) is 11.9. The highest BCUT2D eigenvalue weighted by molar-refractivity contribution is 6.48. The van der Waals surface area contributed by atoms with E-state index in [4.69, 9.17) is 9.16 Å². The van der Waals surface area contributed by atoms with Crippen LogP contribution >= 0.6 is 0 Å². The number of ether oxygens (including phenoxy) is 1. The van der Waals surface area contributed by atoms with Gasteiger partial charge >= 0.3 is 0 Å². The van der Waals surface area contributed by atoms with Gasteiger partial charge in [-0.15, -0.1) is 0 Å². The zero-order valence-electron chi connectivity index (χ0n) is 20.6. The molecule has 1 amide bonds. The van der Waals surface area contributed by atoms with Crippen molar-refractivity contribution < 1.29 is 14.0 Å². The Morgan fingerprint density at radius 1 is 1.12 bits per heavy atom. The Bertz CT molecular complexity index is 1120. The molecule has 2 atom stereocenters. The van der Waals surface area contributed by atoms with Crippen molar-refractivity contribution in [3.63, 3.8) is 0 Å². The minimum atomic E-state index is -1.31. The predicted molar refractivity (Wildman–Crippen MR) is 136 cm³/mol. The summed E-state index contributed by atoms with van der Waals surface area (Å²) in [5, 5.41) is 4.13. The van der Waals surface area contributed by atoms with Gasteiger partial charge in [-0.05, 0) is 54.3 Å². The number of amides is 1. The summed E-state index contributed by atoms with van der Waals surface area (Å²) < 4.78 is 14.9. The van der Waals surface area contributed by atoms with Crippen LogP contribution in [0.4, 0.5) is 0 Å². The quantitative estimate of drug-likeness (QED) is 0.444. The van der Waals surface area contributed by atoms with E-state index in [1.807, 2.05) is 36.4 Å². The first kappa shape index (κ1) is 23.6. The molecule has 3 aromatic rings. The molecule has 0 aliphatic carbocycles. The molecule has 6 heteroatoms. The molecule has 0 saturated carbocycles. The first-order chi connectivity index (χ1) is 15.7. The third-order valence-electron chi connectivity index (χ3n) is 7.08. The summed E-state index contributed by atoms with van der Waals surface area (Å²) >= 11 is 0. The summed E-state index contributed by atoms with van der Waals surface area (Å²) in [6.45, 7) is 14.6. The van der Waals surface area contributed by atoms with Gasteiger partial charge in [0.2, 0.25) is 0 Å². The van der Waals surface area contributed by atoms with E-state index in [0.717, 1.165) is 22.2 Å². The van der Waals surface area contributed by atoms with Crippen molar-refractivity contribution in [3.8, 4) is 5.75 Å². The molecule has 0 spiro atoms. The lowest BCUT2D eigenvalue weighted by Gasteiger charge is -2.45. The van der Waals surface area contributed by atoms with Crippen molar-refractivity contribution in [3.05, 3.63) is 65.9 Å². The SMILES string of the molecule is CC(C)C(C)(C)C(O[SiH](C)C)[C@@H]1CNC(=O)c2cc3cc(OCc4ccccc4)ccc3n21. The van der Waals surface area contributed by atoms with E-state index < -0.39 is 9.04 Å². The summed E-state index contributed by atoms with van der Waals surface area (Å²) in [7, 11) is -1.31. The molecule has 1 aromatic heterocycles. The number of carbonyl (C=O) groups excluding carboxylic acids is 1. The topological polar surface area (TPSA) is 52.5 Å². The highest BCUT2D eigenvalue weighted by Gasteiger charge is 2.43. The average molecular weight is 465 g/mol. The fraction of sp³-hybridized carbons (Fsp3) is 0.444. The van der Waals surface area contributed by atoms with Crippen molar-refractivity contribution in [2.24, 2.45) is 11.3 Å². The minimum Gasteiger partial charge on any atom is -0.489 e. The second-order valence-corrected chi connectivity index (χ2v) is 12.6. The van der Waals surface area contributed by atoms with Crippen LogP contribution < -0.4 is 10.1 Å². The molecule has 2 heterocycles. The predicted octanol–water partition coefficient (Wildman–Crippen LogP) is 5.56. The van der Waals surface area contributed by atoms with Gasteiger partial charge in [-0.3, -0.25) is 4.79 Å². The number of hydrogen-bond acceptors (Lipinski definition) is 3. The van der Waals surface area contributed by atoms with E-state index in [1.165, 1.54) is 0 Å². The smallest absolute Gasteiger partial charge is 0.268 e. The molecule has 0 bridgehead atoms. The Hall–Kier alpha value is -2.57. The molecule has 0 saturated heterocycles. The summed E-state index contributed by atoms with van der Waals surface area (Å²) in [6, 6.07) is 18.3. The lowest BCUT2D eigenvalue weighted by atomic mass is 9.73. The summed E-state index contributed by atoms with van der Waals surface area (Å²) in [5.74, 6) is 1.21. The number of fused-ring (bicyclic) bond motifs is 3. The molecule has 0 fully saturated rings. The monoisotopic (exact) mass is 464 g/mol. The summed E-state index contributed by atoms with van der Waals surface area (Å²) in [5.41, 5.74) is 2.83. The Labute approximate surface area is 198 Å². The maximum absolute atomic E-state index is 12.8. The van der Waals surface area contributed by atoms with E-state index in [-0.39, 0.29) is 23.5 Å². The molecule has 176 valence electrons. The van der Waals surface area contributed by atoms with Crippen LogP contribution in [-0.4, -0.2) is 32.2 Å². The van der Waals surface area contributed by atoms with Crippen LogP contribution in [0.3, 0.4) is 0 Å². The number of carbonyl (C=O) groups is 1. The molecule has 5 nitrogen and oxygen atoms in total. The van der Waals surface area contributed by atoms with Gasteiger partial charge in [0, 0.05) is 17.4 Å². The molecule has 33 heavy (non-hydrogen) atoms. The lowest BCUT2D eigenvalue weighted by Crippen LogP contribution is -2.51. The van der Waals surface area contributed by atoms with Gasteiger partial charge in [0.05, 0.1) is 12.1 Å². The van der Waals surface area contributed by atoms with Crippen LogP contribution in [0.2, 0.25) is 13.1 Å². The van der Waals surface area contributed by atoms with Crippen molar-refractivity contribution in [1.29, 1.82) is 0 Å². The molecule has 1 aliphatic rings. The number of benzene rings is 2. The van der Waals surface area contributed by atoms with E-state index >= 15 is 0 Å². The van der Waals surface area contributed by atoms with Crippen LogP contribution in [0.1, 0.15) is 49.8 Å². The number of hydrogen-bond donors (Lipinski definition) is 1. The minimum absolute atomic E-state index is 0.00752. The maximum Gasteiger partial charge on any atom is 0.268 e. The molecular formula is C27H36N2O3Si. The molecular weight excluding hydrogens is 428 g/mol. The normalized spacial score (nSPS) is 17.3. The van der Waals surface area contributed by atoms with Gasteiger partial charge < -0.3 is 19.0 Å². The van der Waals surface area contributed by atoms with Crippen LogP contribution in [0.5, 0.6) is 5.75 Å².